The highest BCUT2D eigenvalue weighted by atomic mass is 16.5. The van der Waals surface area contributed by atoms with Gasteiger partial charge in [-0.25, -0.2) is 9.97 Å². The molecule has 14 heavy (non-hydrogen) atoms. The first-order valence-corrected chi connectivity index (χ1v) is 4.45. The van der Waals surface area contributed by atoms with Gasteiger partial charge >= 0.3 is 0 Å². The van der Waals surface area contributed by atoms with Gasteiger partial charge < -0.3 is 10.5 Å². The molecule has 0 fully saturated rings. The van der Waals surface area contributed by atoms with Crippen molar-refractivity contribution in [2.45, 2.75) is 19.8 Å². The van der Waals surface area contributed by atoms with Gasteiger partial charge in [-0.3, -0.25) is 0 Å². The number of hydrogen-bond acceptors (Lipinski definition) is 4. The second-order valence-electron chi connectivity index (χ2n) is 2.79. The Hall–Kier alpha value is -1.76. The Morgan fingerprint density at radius 3 is 3.00 bits per heavy atom. The quantitative estimate of drug-likeness (QED) is 0.722. The summed E-state index contributed by atoms with van der Waals surface area (Å²) in [6, 6.07) is 0. The normalized spacial score (nSPS) is 9.43. The molecule has 74 valence electrons. The van der Waals surface area contributed by atoms with Crippen molar-refractivity contribution in [3.05, 3.63) is 11.9 Å². The van der Waals surface area contributed by atoms with Crippen LogP contribution in [0.1, 0.15) is 18.9 Å². The molecule has 1 aromatic heterocycles. The highest BCUT2D eigenvalue weighted by molar-refractivity contribution is 5.44. The minimum Gasteiger partial charge on any atom is -0.464 e. The molecule has 0 aliphatic rings. The average Bonchev–Trinajstić information content (AvgIpc) is 2.19. The number of ether oxygens (including phenoxy) is 1. The number of anilines is 1. The van der Waals surface area contributed by atoms with Crippen LogP contribution in [0.4, 0.5) is 5.82 Å². The van der Waals surface area contributed by atoms with E-state index in [1.54, 1.807) is 0 Å². The maximum Gasteiger partial charge on any atom is 0.222 e. The van der Waals surface area contributed by atoms with Gasteiger partial charge in [0, 0.05) is 0 Å². The predicted molar refractivity (Wildman–Crippen MR) is 54.8 cm³/mol. The predicted octanol–water partition coefficient (Wildman–Crippen LogP) is 1.02. The molecular weight excluding hydrogens is 178 g/mol. The van der Waals surface area contributed by atoms with E-state index in [9.17, 15) is 0 Å². The van der Waals surface area contributed by atoms with Crippen molar-refractivity contribution in [1.82, 2.24) is 9.97 Å². The third kappa shape index (κ3) is 2.36. The van der Waals surface area contributed by atoms with Crippen molar-refractivity contribution < 1.29 is 4.74 Å². The molecule has 1 heterocycles. The Kier molecular flexibility index (Phi) is 3.74. The Balaban J connectivity index is 2.90. The fraction of sp³-hybridized carbons (Fsp3) is 0.400. The largest absolute Gasteiger partial charge is 0.464 e. The maximum atomic E-state index is 5.70. The van der Waals surface area contributed by atoms with Crippen LogP contribution in [0.3, 0.4) is 0 Å². The first kappa shape index (κ1) is 10.3. The molecule has 0 aliphatic carbocycles. The zero-order chi connectivity index (χ0) is 10.4. The first-order valence-electron chi connectivity index (χ1n) is 4.45. The summed E-state index contributed by atoms with van der Waals surface area (Å²) in [4.78, 5) is 7.89. The highest BCUT2D eigenvalue weighted by Gasteiger charge is 2.08. The lowest BCUT2D eigenvalue weighted by Crippen LogP contribution is -2.05. The van der Waals surface area contributed by atoms with Crippen LogP contribution in [0.5, 0.6) is 5.88 Å². The molecule has 0 unspecified atom stereocenters. The molecule has 0 saturated heterocycles. The Labute approximate surface area is 83.5 Å². The first-order chi connectivity index (χ1) is 6.79. The van der Waals surface area contributed by atoms with E-state index in [2.05, 4.69) is 22.8 Å². The molecule has 0 aliphatic heterocycles. The van der Waals surface area contributed by atoms with Gasteiger partial charge in [0.2, 0.25) is 5.88 Å². The number of hydrogen-bond donors (Lipinski definition) is 1. The van der Waals surface area contributed by atoms with Crippen molar-refractivity contribution in [3.8, 4) is 18.2 Å². The Morgan fingerprint density at radius 2 is 2.36 bits per heavy atom. The Bertz CT molecular complexity index is 344. The third-order valence-electron chi connectivity index (χ3n) is 1.73. The summed E-state index contributed by atoms with van der Waals surface area (Å²) in [5, 5.41) is 0. The monoisotopic (exact) mass is 191 g/mol. The molecule has 4 heteroatoms. The van der Waals surface area contributed by atoms with Crippen LogP contribution in [-0.2, 0) is 6.42 Å². The van der Waals surface area contributed by atoms with Gasteiger partial charge in [-0.1, -0.05) is 19.3 Å². The van der Waals surface area contributed by atoms with Crippen molar-refractivity contribution >= 4 is 5.82 Å². The second kappa shape index (κ2) is 5.07. The summed E-state index contributed by atoms with van der Waals surface area (Å²) in [6.07, 6.45) is 8.22. The third-order valence-corrected chi connectivity index (χ3v) is 1.73. The van der Waals surface area contributed by atoms with Gasteiger partial charge in [-0.15, -0.1) is 6.42 Å². The van der Waals surface area contributed by atoms with Gasteiger partial charge in [0.15, 0.2) is 6.61 Å². The number of terminal acetylenes is 1. The van der Waals surface area contributed by atoms with Crippen LogP contribution >= 0.6 is 0 Å². The number of nitrogens with zero attached hydrogens (tertiary/aromatic N) is 2. The van der Waals surface area contributed by atoms with Crippen molar-refractivity contribution in [2.24, 2.45) is 0 Å². The van der Waals surface area contributed by atoms with E-state index in [-0.39, 0.29) is 6.61 Å². The lowest BCUT2D eigenvalue weighted by molar-refractivity contribution is 0.350. The highest BCUT2D eigenvalue weighted by Crippen LogP contribution is 2.20. The number of aromatic nitrogens is 2. The minimum atomic E-state index is 0.202. The zero-order valence-electron chi connectivity index (χ0n) is 8.16. The van der Waals surface area contributed by atoms with E-state index < -0.39 is 0 Å². The van der Waals surface area contributed by atoms with E-state index in [1.165, 1.54) is 6.33 Å². The molecular formula is C10H13N3O. The molecule has 4 nitrogen and oxygen atoms in total. The van der Waals surface area contributed by atoms with Gasteiger partial charge in [0.25, 0.3) is 0 Å². The van der Waals surface area contributed by atoms with Crippen molar-refractivity contribution in [3.63, 3.8) is 0 Å². The van der Waals surface area contributed by atoms with Crippen LogP contribution in [0.25, 0.3) is 0 Å². The molecule has 2 N–H and O–H groups in total. The molecule has 1 aromatic rings. The molecule has 0 atom stereocenters. The maximum absolute atomic E-state index is 5.70. The number of rotatable bonds is 4. The summed E-state index contributed by atoms with van der Waals surface area (Å²) < 4.78 is 5.25. The van der Waals surface area contributed by atoms with Gasteiger partial charge in [0.05, 0.1) is 5.56 Å². The topological polar surface area (TPSA) is 61.0 Å². The minimum absolute atomic E-state index is 0.202. The van der Waals surface area contributed by atoms with Gasteiger partial charge in [-0.05, 0) is 6.42 Å². The van der Waals surface area contributed by atoms with Crippen LogP contribution in [-0.4, -0.2) is 16.6 Å². The SMILES string of the molecule is C#CCOc1ncnc(N)c1CCC. The molecule has 0 saturated carbocycles. The molecule has 0 aromatic carbocycles. The summed E-state index contributed by atoms with van der Waals surface area (Å²) >= 11 is 0. The molecule has 0 amide bonds. The zero-order valence-corrected chi connectivity index (χ0v) is 8.16. The van der Waals surface area contributed by atoms with E-state index >= 15 is 0 Å². The van der Waals surface area contributed by atoms with Gasteiger partial charge in [-0.2, -0.15) is 0 Å². The van der Waals surface area contributed by atoms with Crippen LogP contribution in [0.2, 0.25) is 0 Å². The van der Waals surface area contributed by atoms with E-state index in [0.29, 0.717) is 11.7 Å². The smallest absolute Gasteiger partial charge is 0.222 e. The molecule has 0 spiro atoms. The van der Waals surface area contributed by atoms with Crippen molar-refractivity contribution in [2.75, 3.05) is 12.3 Å². The lowest BCUT2D eigenvalue weighted by Gasteiger charge is -2.08. The van der Waals surface area contributed by atoms with E-state index in [0.717, 1.165) is 18.4 Å². The molecule has 0 bridgehead atoms. The fourth-order valence-electron chi connectivity index (χ4n) is 1.13. The second-order valence-corrected chi connectivity index (χ2v) is 2.79. The van der Waals surface area contributed by atoms with Gasteiger partial charge in [0.1, 0.15) is 12.1 Å². The van der Waals surface area contributed by atoms with Crippen LogP contribution < -0.4 is 10.5 Å². The van der Waals surface area contributed by atoms with Crippen LogP contribution in [0, 0.1) is 12.3 Å². The van der Waals surface area contributed by atoms with Crippen LogP contribution in [0.15, 0.2) is 6.33 Å². The summed E-state index contributed by atoms with van der Waals surface area (Å²) in [5.41, 5.74) is 6.53. The summed E-state index contributed by atoms with van der Waals surface area (Å²) in [6.45, 7) is 2.25. The van der Waals surface area contributed by atoms with E-state index in [1.807, 2.05) is 0 Å². The summed E-state index contributed by atoms with van der Waals surface area (Å²) in [7, 11) is 0. The lowest BCUT2D eigenvalue weighted by atomic mass is 10.2. The summed E-state index contributed by atoms with van der Waals surface area (Å²) in [5.74, 6) is 3.35. The van der Waals surface area contributed by atoms with Crippen molar-refractivity contribution in [1.29, 1.82) is 0 Å². The Morgan fingerprint density at radius 1 is 1.57 bits per heavy atom. The molecule has 1 rings (SSSR count). The fourth-order valence-corrected chi connectivity index (χ4v) is 1.13. The number of nitrogen functional groups attached to an aromatic ring is 1. The number of nitrogens with two attached hydrogens (primary N) is 1. The molecule has 0 radical (unpaired) electrons. The van der Waals surface area contributed by atoms with E-state index in [4.69, 9.17) is 16.9 Å². The average molecular weight is 191 g/mol. The standard InChI is InChI=1S/C10H13N3O/c1-3-5-8-9(11)12-7-13-10(8)14-6-4-2/h2,7H,3,5-6H2,1H3,(H2,11,12,13).